The Morgan fingerprint density at radius 3 is 2.60 bits per heavy atom. The molecule has 1 aromatic heterocycles. The standard InChI is InChI=1S/C14H20INO3S/c1-9(2)10(3-4-13(17)18)5-6-16-14(19)11-7-12(15)20-8-11/h7-10H,3-6H2,1-2H3,(H,16,19)(H,17,18). The molecule has 0 saturated carbocycles. The van der Waals surface area contributed by atoms with Crippen LogP contribution in [0.1, 0.15) is 43.5 Å². The monoisotopic (exact) mass is 409 g/mol. The van der Waals surface area contributed by atoms with Crippen LogP contribution in [0.15, 0.2) is 11.4 Å². The molecule has 0 aliphatic carbocycles. The Hall–Kier alpha value is -0.630. The number of carbonyl (C=O) groups excluding carboxylic acids is 1. The van der Waals surface area contributed by atoms with Crippen molar-refractivity contribution in [2.45, 2.75) is 33.1 Å². The molecule has 1 rings (SSSR count). The van der Waals surface area contributed by atoms with Crippen LogP contribution in [0, 0.1) is 14.7 Å². The van der Waals surface area contributed by atoms with E-state index in [1.54, 1.807) is 11.3 Å². The lowest BCUT2D eigenvalue weighted by Crippen LogP contribution is -2.26. The molecule has 1 heterocycles. The van der Waals surface area contributed by atoms with Gasteiger partial charge >= 0.3 is 5.97 Å². The maximum absolute atomic E-state index is 11.9. The van der Waals surface area contributed by atoms with Gasteiger partial charge in [0.2, 0.25) is 0 Å². The van der Waals surface area contributed by atoms with E-state index in [2.05, 4.69) is 41.8 Å². The third-order valence-electron chi connectivity index (χ3n) is 3.30. The topological polar surface area (TPSA) is 66.4 Å². The molecule has 2 N–H and O–H groups in total. The fraction of sp³-hybridized carbons (Fsp3) is 0.571. The van der Waals surface area contributed by atoms with Gasteiger partial charge in [-0.05, 0) is 53.3 Å². The maximum atomic E-state index is 11.9. The molecule has 112 valence electrons. The number of carbonyl (C=O) groups is 2. The number of halogens is 1. The maximum Gasteiger partial charge on any atom is 0.303 e. The largest absolute Gasteiger partial charge is 0.481 e. The number of hydrogen-bond donors (Lipinski definition) is 2. The summed E-state index contributed by atoms with van der Waals surface area (Å²) in [7, 11) is 0. The lowest BCUT2D eigenvalue weighted by molar-refractivity contribution is -0.137. The van der Waals surface area contributed by atoms with Gasteiger partial charge < -0.3 is 10.4 Å². The van der Waals surface area contributed by atoms with Gasteiger partial charge in [-0.3, -0.25) is 9.59 Å². The van der Waals surface area contributed by atoms with Crippen LogP contribution in [0.3, 0.4) is 0 Å². The first-order valence-electron chi connectivity index (χ1n) is 6.64. The quantitative estimate of drug-likeness (QED) is 0.645. The van der Waals surface area contributed by atoms with Gasteiger partial charge in [-0.2, -0.15) is 0 Å². The highest BCUT2D eigenvalue weighted by Gasteiger charge is 2.15. The van der Waals surface area contributed by atoms with E-state index in [4.69, 9.17) is 5.11 Å². The van der Waals surface area contributed by atoms with Gasteiger partial charge in [-0.1, -0.05) is 13.8 Å². The minimum absolute atomic E-state index is 0.0510. The van der Waals surface area contributed by atoms with E-state index in [9.17, 15) is 9.59 Å². The Bertz CT molecular complexity index is 459. The number of rotatable bonds is 8. The van der Waals surface area contributed by atoms with E-state index >= 15 is 0 Å². The Labute approximate surface area is 137 Å². The molecule has 0 aliphatic rings. The number of carboxylic acid groups (broad SMARTS) is 1. The summed E-state index contributed by atoms with van der Waals surface area (Å²) in [5.74, 6) is -0.0557. The third kappa shape index (κ3) is 6.21. The van der Waals surface area contributed by atoms with E-state index < -0.39 is 5.97 Å². The van der Waals surface area contributed by atoms with Crippen molar-refractivity contribution in [1.82, 2.24) is 5.32 Å². The SMILES string of the molecule is CC(C)C(CCNC(=O)c1csc(I)c1)CCC(=O)O. The number of hydrogen-bond acceptors (Lipinski definition) is 3. The molecular formula is C14H20INO3S. The molecule has 4 nitrogen and oxygen atoms in total. The normalized spacial score (nSPS) is 12.4. The van der Waals surface area contributed by atoms with Crippen LogP contribution in [0.2, 0.25) is 0 Å². The molecule has 0 aliphatic heterocycles. The highest BCUT2D eigenvalue weighted by molar-refractivity contribution is 14.1. The first-order valence-corrected chi connectivity index (χ1v) is 8.60. The number of nitrogens with one attached hydrogen (secondary N) is 1. The smallest absolute Gasteiger partial charge is 0.303 e. The molecule has 1 unspecified atom stereocenters. The summed E-state index contributed by atoms with van der Waals surface area (Å²) < 4.78 is 1.09. The van der Waals surface area contributed by atoms with E-state index in [1.807, 2.05) is 11.4 Å². The average Bonchev–Trinajstić information content (AvgIpc) is 2.79. The second kappa shape index (κ2) is 8.61. The molecule has 1 atom stereocenters. The van der Waals surface area contributed by atoms with Crippen LogP contribution >= 0.6 is 33.9 Å². The highest BCUT2D eigenvalue weighted by atomic mass is 127. The Balaban J connectivity index is 2.36. The molecule has 0 radical (unpaired) electrons. The van der Waals surface area contributed by atoms with Crippen LogP contribution in [-0.2, 0) is 4.79 Å². The lowest BCUT2D eigenvalue weighted by Gasteiger charge is -2.20. The van der Waals surface area contributed by atoms with Crippen molar-refractivity contribution in [2.24, 2.45) is 11.8 Å². The summed E-state index contributed by atoms with van der Waals surface area (Å²) in [6.45, 7) is 4.78. The minimum Gasteiger partial charge on any atom is -0.481 e. The summed E-state index contributed by atoms with van der Waals surface area (Å²) >= 11 is 3.74. The third-order valence-corrected chi connectivity index (χ3v) is 5.09. The fourth-order valence-corrected chi connectivity index (χ4v) is 3.35. The van der Waals surface area contributed by atoms with E-state index in [1.165, 1.54) is 0 Å². The van der Waals surface area contributed by atoms with E-state index in [0.717, 1.165) is 9.30 Å². The van der Waals surface area contributed by atoms with Gasteiger partial charge in [0.1, 0.15) is 0 Å². The predicted octanol–water partition coefficient (Wildman–Crippen LogP) is 3.61. The summed E-state index contributed by atoms with van der Waals surface area (Å²) in [5, 5.41) is 13.5. The molecule has 0 saturated heterocycles. The first-order chi connectivity index (χ1) is 9.40. The average molecular weight is 409 g/mol. The van der Waals surface area contributed by atoms with E-state index in [0.29, 0.717) is 30.4 Å². The van der Waals surface area contributed by atoms with Crippen molar-refractivity contribution in [2.75, 3.05) is 6.54 Å². The van der Waals surface area contributed by atoms with Crippen molar-refractivity contribution in [3.05, 3.63) is 19.9 Å². The van der Waals surface area contributed by atoms with Gasteiger partial charge in [0.15, 0.2) is 0 Å². The number of carboxylic acids is 1. The second-order valence-corrected chi connectivity index (χ2v) is 7.93. The van der Waals surface area contributed by atoms with Gasteiger partial charge in [0.25, 0.3) is 5.91 Å². The Kier molecular flexibility index (Phi) is 7.50. The minimum atomic E-state index is -0.757. The van der Waals surface area contributed by atoms with Crippen molar-refractivity contribution >= 4 is 45.8 Å². The molecule has 1 aromatic rings. The predicted molar refractivity (Wildman–Crippen MR) is 89.2 cm³/mol. The van der Waals surface area contributed by atoms with Gasteiger partial charge in [0, 0.05) is 18.3 Å². The summed E-state index contributed by atoms with van der Waals surface area (Å²) in [6.07, 6.45) is 1.68. The van der Waals surface area contributed by atoms with Gasteiger partial charge in [-0.15, -0.1) is 11.3 Å². The summed E-state index contributed by atoms with van der Waals surface area (Å²) in [4.78, 5) is 22.5. The number of amides is 1. The van der Waals surface area contributed by atoms with Crippen molar-refractivity contribution in [3.8, 4) is 0 Å². The molecule has 1 amide bonds. The van der Waals surface area contributed by atoms with E-state index in [-0.39, 0.29) is 12.3 Å². The van der Waals surface area contributed by atoms with Crippen LogP contribution in [0.4, 0.5) is 0 Å². The first kappa shape index (κ1) is 17.4. The molecule has 20 heavy (non-hydrogen) atoms. The molecule has 0 bridgehead atoms. The van der Waals surface area contributed by atoms with Gasteiger partial charge in [-0.25, -0.2) is 0 Å². The molecule has 0 spiro atoms. The summed E-state index contributed by atoms with van der Waals surface area (Å²) in [5.41, 5.74) is 0.700. The second-order valence-electron chi connectivity index (χ2n) is 5.12. The van der Waals surface area contributed by atoms with Crippen LogP contribution in [0.25, 0.3) is 0 Å². The zero-order valence-corrected chi connectivity index (χ0v) is 14.7. The van der Waals surface area contributed by atoms with Crippen molar-refractivity contribution in [1.29, 1.82) is 0 Å². The van der Waals surface area contributed by atoms with Crippen molar-refractivity contribution in [3.63, 3.8) is 0 Å². The number of thiophene rings is 1. The zero-order chi connectivity index (χ0) is 15.1. The molecule has 0 aromatic carbocycles. The number of aliphatic carboxylic acids is 1. The van der Waals surface area contributed by atoms with Crippen LogP contribution < -0.4 is 5.32 Å². The van der Waals surface area contributed by atoms with Gasteiger partial charge in [0.05, 0.1) is 8.45 Å². The lowest BCUT2D eigenvalue weighted by atomic mass is 9.88. The fourth-order valence-electron chi connectivity index (χ4n) is 2.02. The molecule has 0 fully saturated rings. The highest BCUT2D eigenvalue weighted by Crippen LogP contribution is 2.21. The Morgan fingerprint density at radius 2 is 2.10 bits per heavy atom. The summed E-state index contributed by atoms with van der Waals surface area (Å²) in [6, 6.07) is 1.87. The van der Waals surface area contributed by atoms with Crippen LogP contribution in [-0.4, -0.2) is 23.5 Å². The van der Waals surface area contributed by atoms with Crippen molar-refractivity contribution < 1.29 is 14.7 Å². The van der Waals surface area contributed by atoms with Crippen LogP contribution in [0.5, 0.6) is 0 Å². The zero-order valence-electron chi connectivity index (χ0n) is 11.7. The molecular weight excluding hydrogens is 389 g/mol. The Morgan fingerprint density at radius 1 is 1.40 bits per heavy atom. The molecule has 6 heteroatoms.